The van der Waals surface area contributed by atoms with Crippen molar-refractivity contribution < 1.29 is 9.59 Å². The van der Waals surface area contributed by atoms with Crippen LogP contribution in [0.5, 0.6) is 0 Å². The van der Waals surface area contributed by atoms with Crippen LogP contribution in [0.15, 0.2) is 12.2 Å². The van der Waals surface area contributed by atoms with Crippen molar-refractivity contribution >= 4 is 11.8 Å². The fourth-order valence-electron chi connectivity index (χ4n) is 1.60. The van der Waals surface area contributed by atoms with Crippen molar-refractivity contribution in [3.8, 4) is 0 Å². The van der Waals surface area contributed by atoms with E-state index in [0.717, 1.165) is 6.42 Å². The van der Waals surface area contributed by atoms with E-state index in [1.54, 1.807) is 6.08 Å². The van der Waals surface area contributed by atoms with Gasteiger partial charge in [0.2, 0.25) is 11.8 Å². The van der Waals surface area contributed by atoms with Gasteiger partial charge in [-0.15, -0.1) is 0 Å². The minimum Gasteiger partial charge on any atom is -0.294 e. The van der Waals surface area contributed by atoms with Crippen LogP contribution in [0.3, 0.4) is 0 Å². The Hall–Kier alpha value is -1.40. The van der Waals surface area contributed by atoms with Crippen LogP contribution in [0.4, 0.5) is 0 Å². The third kappa shape index (κ3) is 2.09. The number of rotatable bonds is 2. The van der Waals surface area contributed by atoms with Gasteiger partial charge in [0.25, 0.3) is 0 Å². The summed E-state index contributed by atoms with van der Waals surface area (Å²) in [6.07, 6.45) is 4.93. The minimum atomic E-state index is -0.516. The summed E-state index contributed by atoms with van der Waals surface area (Å²) in [4.78, 5) is 22.6. The summed E-state index contributed by atoms with van der Waals surface area (Å²) < 4.78 is 0. The predicted molar refractivity (Wildman–Crippen MR) is 50.0 cm³/mol. The number of amides is 2. The molecule has 1 aliphatic rings. The Kier molecular flexibility index (Phi) is 3.61. The highest BCUT2D eigenvalue weighted by Gasteiger charge is 2.32. The van der Waals surface area contributed by atoms with E-state index >= 15 is 0 Å². The Morgan fingerprint density at radius 3 is 2.43 bits per heavy atom. The summed E-state index contributed by atoms with van der Waals surface area (Å²) in [5.41, 5.74) is 4.08. The zero-order valence-corrected chi connectivity index (χ0v) is 7.69. The van der Waals surface area contributed by atoms with Crippen LogP contribution >= 0.6 is 0 Å². The van der Waals surface area contributed by atoms with Crippen LogP contribution in [-0.2, 0) is 9.59 Å². The van der Waals surface area contributed by atoms with Crippen molar-refractivity contribution in [2.75, 3.05) is 0 Å². The van der Waals surface area contributed by atoms with Gasteiger partial charge in [0, 0.05) is 0 Å². The molecule has 78 valence electrons. The van der Waals surface area contributed by atoms with Crippen LogP contribution in [-0.4, -0.2) is 11.8 Å². The van der Waals surface area contributed by atoms with E-state index in [0.29, 0.717) is 6.42 Å². The van der Waals surface area contributed by atoms with Gasteiger partial charge in [-0.25, -0.2) is 11.7 Å². The van der Waals surface area contributed by atoms with Gasteiger partial charge >= 0.3 is 0 Å². The topological polar surface area (TPSA) is 110 Å². The molecule has 0 saturated carbocycles. The Balaban J connectivity index is 2.77. The molecule has 1 rings (SSSR count). The number of carbonyl (C=O) groups is 2. The lowest BCUT2D eigenvalue weighted by molar-refractivity contribution is -0.133. The second-order valence-electron chi connectivity index (χ2n) is 3.15. The van der Waals surface area contributed by atoms with Crippen LogP contribution in [0.25, 0.3) is 0 Å². The van der Waals surface area contributed by atoms with Gasteiger partial charge in [-0.3, -0.25) is 20.4 Å². The average Bonchev–Trinajstić information content (AvgIpc) is 2.27. The quantitative estimate of drug-likeness (QED) is 0.188. The molecule has 0 spiro atoms. The zero-order valence-electron chi connectivity index (χ0n) is 7.69. The van der Waals surface area contributed by atoms with Gasteiger partial charge < -0.3 is 0 Å². The summed E-state index contributed by atoms with van der Waals surface area (Å²) in [5, 5.41) is 0. The Labute approximate surface area is 81.6 Å². The molecule has 6 heteroatoms. The Morgan fingerprint density at radius 2 is 1.86 bits per heavy atom. The van der Waals surface area contributed by atoms with E-state index in [2.05, 4.69) is 0 Å². The number of allylic oxidation sites excluding steroid dienone is 1. The summed E-state index contributed by atoms with van der Waals surface area (Å²) in [7, 11) is 0. The first-order chi connectivity index (χ1) is 6.70. The van der Waals surface area contributed by atoms with E-state index in [4.69, 9.17) is 11.7 Å². The molecule has 0 aromatic heterocycles. The molecule has 14 heavy (non-hydrogen) atoms. The van der Waals surface area contributed by atoms with E-state index < -0.39 is 11.8 Å². The largest absolute Gasteiger partial charge is 0.294 e. The molecule has 1 aliphatic carbocycles. The minimum absolute atomic E-state index is 0.331. The van der Waals surface area contributed by atoms with Crippen LogP contribution < -0.4 is 22.5 Å². The van der Waals surface area contributed by atoms with Gasteiger partial charge in [-0.1, -0.05) is 12.2 Å². The number of hydrogen-bond acceptors (Lipinski definition) is 4. The van der Waals surface area contributed by atoms with Gasteiger partial charge in [-0.2, -0.15) is 0 Å². The molecule has 0 saturated heterocycles. The van der Waals surface area contributed by atoms with Crippen LogP contribution in [0, 0.1) is 11.8 Å². The molecule has 0 heterocycles. The highest BCUT2D eigenvalue weighted by atomic mass is 16.2. The number of hydrogen-bond donors (Lipinski definition) is 4. The highest BCUT2D eigenvalue weighted by molar-refractivity contribution is 5.88. The lowest BCUT2D eigenvalue weighted by Gasteiger charge is -2.24. The molecule has 0 aliphatic heterocycles. The van der Waals surface area contributed by atoms with Crippen molar-refractivity contribution in [3.05, 3.63) is 12.2 Å². The maximum absolute atomic E-state index is 11.3. The fourth-order valence-corrected chi connectivity index (χ4v) is 1.60. The fraction of sp³-hybridized carbons (Fsp3) is 0.500. The van der Waals surface area contributed by atoms with Gasteiger partial charge in [0.1, 0.15) is 0 Å². The molecule has 6 N–H and O–H groups in total. The molecule has 0 aromatic rings. The molecular formula is C8H14N4O2. The van der Waals surface area contributed by atoms with E-state index in [1.807, 2.05) is 16.9 Å². The number of nitrogens with two attached hydrogens (primary N) is 2. The first kappa shape index (κ1) is 10.7. The summed E-state index contributed by atoms with van der Waals surface area (Å²) in [5.74, 6) is 8.39. The molecule has 2 unspecified atom stereocenters. The third-order valence-electron chi connectivity index (χ3n) is 2.35. The Morgan fingerprint density at radius 1 is 1.21 bits per heavy atom. The van der Waals surface area contributed by atoms with Crippen LogP contribution in [0.1, 0.15) is 12.8 Å². The van der Waals surface area contributed by atoms with E-state index in [1.165, 1.54) is 0 Å². The second-order valence-corrected chi connectivity index (χ2v) is 3.15. The first-order valence-electron chi connectivity index (χ1n) is 4.38. The lowest BCUT2D eigenvalue weighted by Crippen LogP contribution is -2.46. The summed E-state index contributed by atoms with van der Waals surface area (Å²) in [6.45, 7) is 0. The zero-order chi connectivity index (χ0) is 10.6. The monoisotopic (exact) mass is 198 g/mol. The third-order valence-corrected chi connectivity index (χ3v) is 2.35. The van der Waals surface area contributed by atoms with E-state index in [9.17, 15) is 9.59 Å². The highest BCUT2D eigenvalue weighted by Crippen LogP contribution is 2.24. The maximum Gasteiger partial charge on any atom is 0.241 e. The SMILES string of the molecule is NNC(=O)C1C=CCCC1C(=O)NN. The van der Waals surface area contributed by atoms with Crippen molar-refractivity contribution in [1.29, 1.82) is 0 Å². The smallest absolute Gasteiger partial charge is 0.241 e. The predicted octanol–water partition coefficient (Wildman–Crippen LogP) is -1.45. The second kappa shape index (κ2) is 4.73. The van der Waals surface area contributed by atoms with Crippen LogP contribution in [0.2, 0.25) is 0 Å². The molecule has 0 radical (unpaired) electrons. The molecular weight excluding hydrogens is 184 g/mol. The van der Waals surface area contributed by atoms with Crippen molar-refractivity contribution in [2.45, 2.75) is 12.8 Å². The molecule has 0 aromatic carbocycles. The normalized spacial score (nSPS) is 25.6. The van der Waals surface area contributed by atoms with E-state index in [-0.39, 0.29) is 11.8 Å². The number of hydrazine groups is 2. The maximum atomic E-state index is 11.3. The van der Waals surface area contributed by atoms with Crippen molar-refractivity contribution in [3.63, 3.8) is 0 Å². The van der Waals surface area contributed by atoms with Gasteiger partial charge in [-0.05, 0) is 12.8 Å². The number of carbonyl (C=O) groups excluding carboxylic acids is 2. The molecule has 0 fully saturated rings. The average molecular weight is 198 g/mol. The Bertz CT molecular complexity index is 264. The molecule has 0 bridgehead atoms. The molecule has 2 atom stereocenters. The van der Waals surface area contributed by atoms with Gasteiger partial charge in [0.15, 0.2) is 0 Å². The van der Waals surface area contributed by atoms with Gasteiger partial charge in [0.05, 0.1) is 11.8 Å². The van der Waals surface area contributed by atoms with Crippen molar-refractivity contribution in [1.82, 2.24) is 10.9 Å². The summed E-state index contributed by atoms with van der Waals surface area (Å²) in [6, 6.07) is 0. The molecule has 2 amide bonds. The first-order valence-corrected chi connectivity index (χ1v) is 4.38. The number of nitrogens with one attached hydrogen (secondary N) is 2. The standard InChI is InChI=1S/C8H14N4O2/c9-11-7(13)5-3-1-2-4-6(5)8(14)12-10/h1,3,5-6H,2,4,9-10H2,(H,11,13)(H,12,14). The lowest BCUT2D eigenvalue weighted by atomic mass is 9.83. The molecule has 6 nitrogen and oxygen atoms in total. The van der Waals surface area contributed by atoms with Crippen molar-refractivity contribution in [2.24, 2.45) is 23.5 Å². The summed E-state index contributed by atoms with van der Waals surface area (Å²) >= 11 is 0.